The summed E-state index contributed by atoms with van der Waals surface area (Å²) < 4.78 is 27.3. The zero-order valence-electron chi connectivity index (χ0n) is 13.9. The highest BCUT2D eigenvalue weighted by Crippen LogP contribution is 2.37. The van der Waals surface area contributed by atoms with Crippen molar-refractivity contribution in [3.63, 3.8) is 0 Å². The molecule has 0 fully saturated rings. The van der Waals surface area contributed by atoms with Crippen molar-refractivity contribution >= 4 is 27.5 Å². The fourth-order valence-corrected chi connectivity index (χ4v) is 3.23. The van der Waals surface area contributed by atoms with E-state index in [0.29, 0.717) is 27.6 Å². The maximum Gasteiger partial charge on any atom is 0.332 e. The fourth-order valence-electron chi connectivity index (χ4n) is 2.46. The second kappa shape index (κ2) is 7.61. The number of imidazole rings is 1. The number of aromatic nitrogens is 3. The van der Waals surface area contributed by atoms with Crippen molar-refractivity contribution < 1.29 is 13.9 Å². The van der Waals surface area contributed by atoms with Crippen LogP contribution in [-0.4, -0.2) is 28.0 Å². The molecule has 0 N–H and O–H groups in total. The van der Waals surface area contributed by atoms with E-state index in [1.54, 1.807) is 37.6 Å². The average molecular weight is 443 g/mol. The van der Waals surface area contributed by atoms with Gasteiger partial charge in [0.25, 0.3) is 0 Å². The summed E-state index contributed by atoms with van der Waals surface area (Å²) in [4.78, 5) is 15.8. The summed E-state index contributed by atoms with van der Waals surface area (Å²) in [5, 5.41) is 0.335. The number of hydrogen-bond acceptors (Lipinski definition) is 4. The number of aryl methyl sites for hydroxylation is 1. The van der Waals surface area contributed by atoms with E-state index in [-0.39, 0.29) is 17.1 Å². The molecular weight excluding hydrogens is 429 g/mol. The second-order valence-electron chi connectivity index (χ2n) is 5.39. The first-order valence-electron chi connectivity index (χ1n) is 7.44. The Morgan fingerprint density at radius 3 is 2.69 bits per heavy atom. The number of nitrogens with zero attached hydrogens (tertiary/aromatic N) is 3. The van der Waals surface area contributed by atoms with Gasteiger partial charge in [0, 0.05) is 38.2 Å². The number of hydrogen-bond donors (Lipinski definition) is 0. The number of ether oxygens (including phenoxy) is 2. The van der Waals surface area contributed by atoms with Crippen LogP contribution in [0.5, 0.6) is 5.75 Å². The van der Waals surface area contributed by atoms with Crippen molar-refractivity contribution in [3.8, 4) is 22.6 Å². The largest absolute Gasteiger partial charge is 0.464 e. The van der Waals surface area contributed by atoms with Gasteiger partial charge in [-0.05, 0) is 33.6 Å². The lowest BCUT2D eigenvalue weighted by molar-refractivity contribution is 0.0505. The molecular formula is C17H14BrClFN3O3. The van der Waals surface area contributed by atoms with Crippen LogP contribution in [0.3, 0.4) is 0 Å². The molecule has 3 rings (SSSR count). The van der Waals surface area contributed by atoms with Crippen molar-refractivity contribution in [1.29, 1.82) is 0 Å². The highest BCUT2D eigenvalue weighted by molar-refractivity contribution is 9.10. The minimum Gasteiger partial charge on any atom is -0.464 e. The molecule has 2 aromatic heterocycles. The van der Waals surface area contributed by atoms with Gasteiger partial charge < -0.3 is 14.0 Å². The molecule has 0 bridgehead atoms. The van der Waals surface area contributed by atoms with Crippen LogP contribution in [0.4, 0.5) is 4.39 Å². The van der Waals surface area contributed by atoms with Crippen molar-refractivity contribution in [2.75, 3.05) is 13.9 Å². The first-order valence-corrected chi connectivity index (χ1v) is 8.61. The minimum atomic E-state index is -0.670. The summed E-state index contributed by atoms with van der Waals surface area (Å²) in [7, 11) is 3.13. The Morgan fingerprint density at radius 2 is 2.08 bits per heavy atom. The van der Waals surface area contributed by atoms with Crippen molar-refractivity contribution in [2.24, 2.45) is 7.05 Å². The zero-order chi connectivity index (χ0) is 18.8. The molecule has 0 amide bonds. The third-order valence-corrected chi connectivity index (χ3v) is 4.53. The molecule has 0 aliphatic carbocycles. The lowest BCUT2D eigenvalue weighted by atomic mass is 10.1. The highest BCUT2D eigenvalue weighted by atomic mass is 79.9. The fraction of sp³-hybridized carbons (Fsp3) is 0.176. The Labute approximate surface area is 161 Å². The van der Waals surface area contributed by atoms with Crippen LogP contribution < -0.4 is 10.4 Å². The molecule has 0 radical (unpaired) electrons. The summed E-state index contributed by atoms with van der Waals surface area (Å²) >= 11 is 9.57. The molecule has 0 unspecified atom stereocenters. The first kappa shape index (κ1) is 18.6. The monoisotopic (exact) mass is 441 g/mol. The topological polar surface area (TPSA) is 58.3 Å². The average Bonchev–Trinajstić information content (AvgIpc) is 2.93. The summed E-state index contributed by atoms with van der Waals surface area (Å²) in [5.41, 5.74) is 1.36. The van der Waals surface area contributed by atoms with Crippen LogP contribution in [0.15, 0.2) is 46.1 Å². The van der Waals surface area contributed by atoms with Crippen molar-refractivity contribution in [3.05, 3.63) is 62.7 Å². The van der Waals surface area contributed by atoms with Crippen LogP contribution >= 0.6 is 27.5 Å². The molecule has 136 valence electrons. The molecule has 26 heavy (non-hydrogen) atoms. The number of pyridine rings is 1. The Kier molecular flexibility index (Phi) is 5.45. The lowest BCUT2D eigenvalue weighted by Crippen LogP contribution is -2.20. The highest BCUT2D eigenvalue weighted by Gasteiger charge is 2.16. The number of rotatable bonds is 5. The lowest BCUT2D eigenvalue weighted by Gasteiger charge is -2.14. The van der Waals surface area contributed by atoms with E-state index < -0.39 is 5.95 Å². The standard InChI is InChI=1S/C17H14BrClFN3O3/c1-22-5-6-23(17(22)24)13-4-3-10(7-12(13)19)11-8-14(20)21-16(18)15(11)26-9-25-2/h3-8H,9H2,1-2H3. The van der Waals surface area contributed by atoms with Gasteiger partial charge in [-0.3, -0.25) is 4.57 Å². The molecule has 2 heterocycles. The van der Waals surface area contributed by atoms with Gasteiger partial charge in [-0.25, -0.2) is 9.78 Å². The van der Waals surface area contributed by atoms with E-state index in [1.165, 1.54) is 22.3 Å². The van der Waals surface area contributed by atoms with Gasteiger partial charge in [-0.1, -0.05) is 17.7 Å². The van der Waals surface area contributed by atoms with Gasteiger partial charge in [-0.2, -0.15) is 4.39 Å². The maximum absolute atomic E-state index is 13.8. The summed E-state index contributed by atoms with van der Waals surface area (Å²) in [6.45, 7) is -0.0237. The van der Waals surface area contributed by atoms with Crippen LogP contribution in [0, 0.1) is 5.95 Å². The number of halogens is 3. The van der Waals surface area contributed by atoms with E-state index in [1.807, 2.05) is 0 Å². The van der Waals surface area contributed by atoms with Gasteiger partial charge in [0.1, 0.15) is 0 Å². The Balaban J connectivity index is 2.10. The quantitative estimate of drug-likeness (QED) is 0.446. The van der Waals surface area contributed by atoms with Crippen molar-refractivity contribution in [2.45, 2.75) is 0 Å². The zero-order valence-corrected chi connectivity index (χ0v) is 16.2. The van der Waals surface area contributed by atoms with Gasteiger partial charge in [0.05, 0.1) is 10.7 Å². The van der Waals surface area contributed by atoms with Crippen LogP contribution in [0.1, 0.15) is 0 Å². The second-order valence-corrected chi connectivity index (χ2v) is 6.55. The van der Waals surface area contributed by atoms with Gasteiger partial charge >= 0.3 is 5.69 Å². The van der Waals surface area contributed by atoms with Gasteiger partial charge in [0.15, 0.2) is 17.1 Å². The molecule has 0 saturated carbocycles. The number of methoxy groups -OCH3 is 1. The number of benzene rings is 1. The van der Waals surface area contributed by atoms with Gasteiger partial charge in [0.2, 0.25) is 5.95 Å². The normalized spacial score (nSPS) is 11.0. The van der Waals surface area contributed by atoms with Gasteiger partial charge in [-0.15, -0.1) is 0 Å². The molecule has 0 atom stereocenters. The third kappa shape index (κ3) is 3.53. The first-order chi connectivity index (χ1) is 12.4. The Morgan fingerprint density at radius 1 is 1.31 bits per heavy atom. The maximum atomic E-state index is 13.8. The van der Waals surface area contributed by atoms with E-state index in [2.05, 4.69) is 20.9 Å². The Hall–Kier alpha value is -2.16. The summed E-state index contributed by atoms with van der Waals surface area (Å²) in [6, 6.07) is 6.29. The third-order valence-electron chi connectivity index (χ3n) is 3.69. The predicted octanol–water partition coefficient (Wildman–Crippen LogP) is 3.78. The van der Waals surface area contributed by atoms with Crippen LogP contribution in [0.2, 0.25) is 5.02 Å². The SMILES string of the molecule is COCOc1c(-c2ccc(-n3ccn(C)c3=O)c(Cl)c2)cc(F)nc1Br. The van der Waals surface area contributed by atoms with Crippen LogP contribution in [0.25, 0.3) is 16.8 Å². The molecule has 0 spiro atoms. The van der Waals surface area contributed by atoms with E-state index in [9.17, 15) is 9.18 Å². The minimum absolute atomic E-state index is 0.0237. The molecule has 9 heteroatoms. The smallest absolute Gasteiger partial charge is 0.332 e. The van der Waals surface area contributed by atoms with Crippen molar-refractivity contribution in [1.82, 2.24) is 14.1 Å². The summed E-state index contributed by atoms with van der Waals surface area (Å²) in [6.07, 6.45) is 3.26. The molecule has 6 nitrogen and oxygen atoms in total. The summed E-state index contributed by atoms with van der Waals surface area (Å²) in [5.74, 6) is -0.343. The van der Waals surface area contributed by atoms with Crippen LogP contribution in [-0.2, 0) is 11.8 Å². The molecule has 0 aliphatic rings. The van der Waals surface area contributed by atoms with E-state index in [4.69, 9.17) is 21.1 Å². The van der Waals surface area contributed by atoms with E-state index in [0.717, 1.165) is 0 Å². The van der Waals surface area contributed by atoms with E-state index >= 15 is 0 Å². The predicted molar refractivity (Wildman–Crippen MR) is 99.4 cm³/mol. The molecule has 0 saturated heterocycles. The molecule has 1 aromatic carbocycles. The molecule has 3 aromatic rings. The Bertz CT molecular complexity index is 1020. The molecule has 0 aliphatic heterocycles.